The summed E-state index contributed by atoms with van der Waals surface area (Å²) >= 11 is 16.1. The Morgan fingerprint density at radius 2 is 1.89 bits per heavy atom. The topological polar surface area (TPSA) is 78.1 Å². The molecule has 35 heavy (non-hydrogen) atoms. The van der Waals surface area contributed by atoms with Gasteiger partial charge in [0.25, 0.3) is 0 Å². The van der Waals surface area contributed by atoms with Gasteiger partial charge in [0.15, 0.2) is 17.3 Å². The SMILES string of the molecule is CC(C)(C)OC(O)C1CC(OCCOc2ccc(-c3cc(=O)c4ccc(Br)c(Cl)c4o3)cc2Cl)C1. The zero-order chi connectivity index (χ0) is 25.3. The molecule has 1 fully saturated rings. The van der Waals surface area contributed by atoms with Crippen molar-refractivity contribution in [2.45, 2.75) is 51.6 Å². The molecule has 1 aliphatic rings. The van der Waals surface area contributed by atoms with Crippen LogP contribution < -0.4 is 10.2 Å². The van der Waals surface area contributed by atoms with Crippen LogP contribution in [0.2, 0.25) is 10.0 Å². The highest BCUT2D eigenvalue weighted by molar-refractivity contribution is 9.10. The second-order valence-electron chi connectivity index (χ2n) is 9.55. The minimum atomic E-state index is -0.770. The van der Waals surface area contributed by atoms with Crippen LogP contribution in [-0.4, -0.2) is 36.3 Å². The van der Waals surface area contributed by atoms with E-state index in [9.17, 15) is 9.90 Å². The van der Waals surface area contributed by atoms with Crippen LogP contribution in [0.15, 0.2) is 50.1 Å². The molecule has 9 heteroatoms. The van der Waals surface area contributed by atoms with E-state index in [2.05, 4.69) is 15.9 Å². The van der Waals surface area contributed by atoms with E-state index in [1.165, 1.54) is 6.07 Å². The van der Waals surface area contributed by atoms with Gasteiger partial charge in [-0.3, -0.25) is 4.79 Å². The Morgan fingerprint density at radius 1 is 1.14 bits per heavy atom. The second-order valence-corrected chi connectivity index (χ2v) is 11.2. The predicted molar refractivity (Wildman–Crippen MR) is 140 cm³/mol. The van der Waals surface area contributed by atoms with Crippen molar-refractivity contribution in [2.24, 2.45) is 5.92 Å². The molecule has 1 heterocycles. The van der Waals surface area contributed by atoms with Gasteiger partial charge in [-0.25, -0.2) is 0 Å². The molecule has 1 atom stereocenters. The van der Waals surface area contributed by atoms with Crippen molar-refractivity contribution in [3.05, 3.63) is 61.1 Å². The maximum absolute atomic E-state index is 12.5. The first-order valence-corrected chi connectivity index (χ1v) is 12.9. The Morgan fingerprint density at radius 3 is 2.57 bits per heavy atom. The first-order chi connectivity index (χ1) is 16.5. The largest absolute Gasteiger partial charge is 0.490 e. The number of ether oxygens (including phenoxy) is 3. The van der Waals surface area contributed by atoms with Crippen molar-refractivity contribution in [1.82, 2.24) is 0 Å². The third kappa shape index (κ3) is 6.40. The van der Waals surface area contributed by atoms with Crippen molar-refractivity contribution in [2.75, 3.05) is 13.2 Å². The summed E-state index contributed by atoms with van der Waals surface area (Å²) in [4.78, 5) is 12.5. The van der Waals surface area contributed by atoms with Crippen LogP contribution in [-0.2, 0) is 9.47 Å². The standard InChI is InChI=1S/C26H27BrCl2O6/c1-26(2,3)35-25(31)15-10-16(11-15)32-8-9-33-21-7-4-14(12-19(21)28)22-13-20(30)17-5-6-18(27)23(29)24(17)34-22/h4-7,12-13,15-16,25,31H,8-11H2,1-3H3. The summed E-state index contributed by atoms with van der Waals surface area (Å²) in [5.41, 5.74) is 0.371. The van der Waals surface area contributed by atoms with E-state index in [1.54, 1.807) is 30.3 Å². The van der Waals surface area contributed by atoms with Gasteiger partial charge < -0.3 is 23.7 Å². The fourth-order valence-corrected chi connectivity index (χ4v) is 4.63. The molecule has 1 aliphatic carbocycles. The molecule has 0 aliphatic heterocycles. The molecule has 0 bridgehead atoms. The van der Waals surface area contributed by atoms with Crippen molar-refractivity contribution < 1.29 is 23.7 Å². The highest BCUT2D eigenvalue weighted by atomic mass is 79.9. The van der Waals surface area contributed by atoms with Crippen LogP contribution in [0.3, 0.4) is 0 Å². The smallest absolute Gasteiger partial charge is 0.193 e. The highest BCUT2D eigenvalue weighted by Gasteiger charge is 2.37. The number of hydrogen-bond donors (Lipinski definition) is 1. The van der Waals surface area contributed by atoms with E-state index in [1.807, 2.05) is 20.8 Å². The van der Waals surface area contributed by atoms with Gasteiger partial charge in [0, 0.05) is 22.0 Å². The Bertz CT molecular complexity index is 1260. The summed E-state index contributed by atoms with van der Waals surface area (Å²) in [6.07, 6.45) is 0.824. The van der Waals surface area contributed by atoms with Crippen molar-refractivity contribution >= 4 is 50.1 Å². The van der Waals surface area contributed by atoms with Gasteiger partial charge in [-0.2, -0.15) is 0 Å². The Kier molecular flexibility index (Phi) is 8.15. The van der Waals surface area contributed by atoms with E-state index in [-0.39, 0.29) is 23.1 Å². The lowest BCUT2D eigenvalue weighted by atomic mass is 9.81. The minimum absolute atomic E-state index is 0.0855. The monoisotopic (exact) mass is 584 g/mol. The molecule has 2 aromatic carbocycles. The summed E-state index contributed by atoms with van der Waals surface area (Å²) in [5.74, 6) is 0.952. The van der Waals surface area contributed by atoms with Crippen molar-refractivity contribution in [3.8, 4) is 17.1 Å². The van der Waals surface area contributed by atoms with Crippen molar-refractivity contribution in [3.63, 3.8) is 0 Å². The molecular weight excluding hydrogens is 559 g/mol. The van der Waals surface area contributed by atoms with Gasteiger partial charge in [-0.1, -0.05) is 23.2 Å². The van der Waals surface area contributed by atoms with E-state index >= 15 is 0 Å². The molecule has 1 N–H and O–H groups in total. The first kappa shape index (κ1) is 26.5. The molecule has 6 nitrogen and oxygen atoms in total. The summed E-state index contributed by atoms with van der Waals surface area (Å²) in [7, 11) is 0. The molecule has 0 spiro atoms. The molecule has 0 radical (unpaired) electrons. The average Bonchev–Trinajstić information content (AvgIpc) is 2.74. The summed E-state index contributed by atoms with van der Waals surface area (Å²) in [5, 5.41) is 11.2. The van der Waals surface area contributed by atoms with Gasteiger partial charge in [-0.15, -0.1) is 0 Å². The fourth-order valence-electron chi connectivity index (χ4n) is 3.88. The molecule has 4 rings (SSSR count). The third-order valence-corrected chi connectivity index (χ3v) is 7.27. The number of aliphatic hydroxyl groups is 1. The zero-order valence-electron chi connectivity index (χ0n) is 19.6. The van der Waals surface area contributed by atoms with E-state index in [0.29, 0.717) is 55.8 Å². The van der Waals surface area contributed by atoms with Gasteiger partial charge in [-0.05, 0) is 79.9 Å². The molecular formula is C26H27BrCl2O6. The maximum atomic E-state index is 12.5. The molecule has 1 aromatic heterocycles. The quantitative estimate of drug-likeness (QED) is 0.230. The summed E-state index contributed by atoms with van der Waals surface area (Å²) < 4.78 is 23.7. The number of benzene rings is 2. The molecule has 1 saturated carbocycles. The number of rotatable bonds is 8. The van der Waals surface area contributed by atoms with Crippen LogP contribution in [0.4, 0.5) is 0 Å². The highest BCUT2D eigenvalue weighted by Crippen LogP contribution is 2.36. The predicted octanol–water partition coefficient (Wildman–Crippen LogP) is 6.84. The van der Waals surface area contributed by atoms with Crippen LogP contribution in [0, 0.1) is 5.92 Å². The number of hydrogen-bond acceptors (Lipinski definition) is 6. The van der Waals surface area contributed by atoms with E-state index in [4.69, 9.17) is 41.8 Å². The average molecular weight is 586 g/mol. The Labute approximate surface area is 222 Å². The van der Waals surface area contributed by atoms with Gasteiger partial charge in [0.1, 0.15) is 18.1 Å². The molecule has 0 saturated heterocycles. The molecule has 3 aromatic rings. The van der Waals surface area contributed by atoms with Crippen LogP contribution >= 0.6 is 39.1 Å². The normalized spacial score (nSPS) is 18.9. The summed E-state index contributed by atoms with van der Waals surface area (Å²) in [6.45, 7) is 6.49. The van der Waals surface area contributed by atoms with Gasteiger partial charge in [0.2, 0.25) is 0 Å². The van der Waals surface area contributed by atoms with Crippen LogP contribution in [0.5, 0.6) is 5.75 Å². The number of fused-ring (bicyclic) bond motifs is 1. The molecule has 0 amide bonds. The Balaban J connectivity index is 1.31. The lowest BCUT2D eigenvalue weighted by molar-refractivity contribution is -0.221. The molecule has 1 unspecified atom stereocenters. The third-order valence-electron chi connectivity index (χ3n) is 5.71. The zero-order valence-corrected chi connectivity index (χ0v) is 22.7. The number of aliphatic hydroxyl groups excluding tert-OH is 1. The molecule has 188 valence electrons. The van der Waals surface area contributed by atoms with E-state index < -0.39 is 6.29 Å². The van der Waals surface area contributed by atoms with Crippen LogP contribution in [0.1, 0.15) is 33.6 Å². The van der Waals surface area contributed by atoms with Gasteiger partial charge in [0.05, 0.1) is 33.7 Å². The summed E-state index contributed by atoms with van der Waals surface area (Å²) in [6, 6.07) is 9.97. The second kappa shape index (κ2) is 10.8. The van der Waals surface area contributed by atoms with Gasteiger partial charge >= 0.3 is 0 Å². The first-order valence-electron chi connectivity index (χ1n) is 11.3. The fraction of sp³-hybridized carbons (Fsp3) is 0.423. The number of halogens is 3. The lowest BCUT2D eigenvalue weighted by Crippen LogP contribution is -2.43. The van der Waals surface area contributed by atoms with Crippen molar-refractivity contribution in [1.29, 1.82) is 0 Å². The maximum Gasteiger partial charge on any atom is 0.193 e. The van der Waals surface area contributed by atoms with Crippen LogP contribution in [0.25, 0.3) is 22.3 Å². The minimum Gasteiger partial charge on any atom is -0.490 e. The van der Waals surface area contributed by atoms with E-state index in [0.717, 1.165) is 12.8 Å². The Hall–Kier alpha value is -1.61. The lowest BCUT2D eigenvalue weighted by Gasteiger charge is -2.39.